The molecule has 0 saturated heterocycles. The Balaban J connectivity index is 2.03. The van der Waals surface area contributed by atoms with E-state index >= 15 is 0 Å². The maximum Gasteiger partial charge on any atom is 0.261 e. The highest BCUT2D eigenvalue weighted by molar-refractivity contribution is 6.99. The van der Waals surface area contributed by atoms with Gasteiger partial charge in [0.05, 0.1) is 9.35 Å². The lowest BCUT2D eigenvalue weighted by atomic mass is 10.1. The topological polar surface area (TPSA) is 21.3 Å². The summed E-state index contributed by atoms with van der Waals surface area (Å²) in [7, 11) is -2.73. The van der Waals surface area contributed by atoms with Crippen LogP contribution >= 0.6 is 0 Å². The van der Waals surface area contributed by atoms with E-state index in [0.29, 0.717) is 0 Å². The van der Waals surface area contributed by atoms with E-state index < -0.39 is 27.3 Å². The number of nitrogens with one attached hydrogen (secondary N) is 1. The molecule has 0 fully saturated rings. The van der Waals surface area contributed by atoms with Crippen molar-refractivity contribution in [1.29, 1.82) is 0 Å². The van der Waals surface area contributed by atoms with E-state index in [4.69, 9.17) is 9.91 Å². The molecule has 2 aromatic carbocycles. The minimum absolute atomic E-state index is 0.0974. The summed E-state index contributed by atoms with van der Waals surface area (Å²) in [5.41, 5.74) is 0. The Hall–Kier alpha value is -1.68. The summed E-state index contributed by atoms with van der Waals surface area (Å²) in [6.45, 7) is 5.80. The summed E-state index contributed by atoms with van der Waals surface area (Å²) in [5, 5.41) is 5.11. The molecule has 3 heteroatoms. The average molecular weight is 356 g/mol. The van der Waals surface area contributed by atoms with Gasteiger partial charge in [0, 0.05) is 15.3 Å². The first-order valence-corrected chi connectivity index (χ1v) is 10.6. The van der Waals surface area contributed by atoms with Crippen LogP contribution in [0.4, 0.5) is 0 Å². The van der Waals surface area contributed by atoms with Crippen LogP contribution in [0, 0.1) is 0 Å². The standard InChI is InChI=1S/C22H29NOSi/c1-22(2,3)25(20-13-6-4-7-14-20,21-15-8-5-9-16-21)24-18-19-12-10-11-17-23-19/h4-11,13-16,19,23H,12,17-18H2,1-3H3/t19-/m0/s1/i10D,11D,12D,17D/t12?,17?,19-. The van der Waals surface area contributed by atoms with E-state index in [9.17, 15) is 0 Å². The van der Waals surface area contributed by atoms with Gasteiger partial charge in [-0.25, -0.2) is 0 Å². The van der Waals surface area contributed by atoms with Crippen molar-refractivity contribution < 1.29 is 9.91 Å². The molecule has 0 bridgehead atoms. The van der Waals surface area contributed by atoms with Gasteiger partial charge in [0.15, 0.2) is 0 Å². The van der Waals surface area contributed by atoms with Crippen molar-refractivity contribution in [1.82, 2.24) is 5.32 Å². The molecule has 25 heavy (non-hydrogen) atoms. The van der Waals surface area contributed by atoms with Gasteiger partial charge in [-0.15, -0.1) is 0 Å². The summed E-state index contributed by atoms with van der Waals surface area (Å²) >= 11 is 0. The molecule has 0 saturated carbocycles. The SMILES string of the molecule is [2H]C1=C([2H])C([2H])[C@@H](CO[Si](c2ccccc2)(c2ccccc2)C(C)(C)C)NC1[2H]. The maximum absolute atomic E-state index is 8.35. The minimum Gasteiger partial charge on any atom is -0.406 e. The molecule has 2 unspecified atom stereocenters. The van der Waals surface area contributed by atoms with E-state index in [0.717, 1.165) is 10.4 Å². The maximum atomic E-state index is 8.35. The Morgan fingerprint density at radius 1 is 1.04 bits per heavy atom. The van der Waals surface area contributed by atoms with E-state index in [2.05, 4.69) is 50.4 Å². The highest BCUT2D eigenvalue weighted by Crippen LogP contribution is 2.36. The predicted octanol–water partition coefficient (Wildman–Crippen LogP) is 3.48. The Bertz CT molecular complexity index is 815. The minimum atomic E-state index is -2.73. The highest BCUT2D eigenvalue weighted by atomic mass is 28.4. The molecule has 2 aromatic rings. The molecular weight excluding hydrogens is 322 g/mol. The van der Waals surface area contributed by atoms with E-state index in [1.165, 1.54) is 0 Å². The Labute approximate surface area is 158 Å². The first kappa shape index (κ1) is 13.5. The van der Waals surface area contributed by atoms with Gasteiger partial charge in [-0.1, -0.05) is 93.5 Å². The normalized spacial score (nSPS) is 27.2. The van der Waals surface area contributed by atoms with Gasteiger partial charge in [-0.3, -0.25) is 0 Å². The molecule has 0 amide bonds. The van der Waals surface area contributed by atoms with Crippen LogP contribution in [-0.2, 0) is 4.43 Å². The molecule has 1 aliphatic heterocycles. The second-order valence-electron chi connectivity index (χ2n) is 7.35. The molecule has 2 nitrogen and oxygen atoms in total. The fraction of sp³-hybridized carbons (Fsp3) is 0.364. The number of hydrogen-bond acceptors (Lipinski definition) is 2. The molecule has 132 valence electrons. The third-order valence-corrected chi connectivity index (χ3v) is 9.64. The van der Waals surface area contributed by atoms with Gasteiger partial charge in [0.25, 0.3) is 8.32 Å². The van der Waals surface area contributed by atoms with Crippen LogP contribution in [0.15, 0.2) is 72.8 Å². The van der Waals surface area contributed by atoms with Gasteiger partial charge in [-0.05, 0) is 21.8 Å². The van der Waals surface area contributed by atoms with Gasteiger partial charge < -0.3 is 9.74 Å². The quantitative estimate of drug-likeness (QED) is 0.655. The van der Waals surface area contributed by atoms with Crippen molar-refractivity contribution in [2.45, 2.75) is 38.2 Å². The van der Waals surface area contributed by atoms with Crippen molar-refractivity contribution in [2.75, 3.05) is 13.1 Å². The monoisotopic (exact) mass is 355 g/mol. The predicted molar refractivity (Wildman–Crippen MR) is 109 cm³/mol. The zero-order valence-corrected chi connectivity index (χ0v) is 16.1. The zero-order valence-electron chi connectivity index (χ0n) is 19.1. The van der Waals surface area contributed by atoms with Crippen molar-refractivity contribution in [3.8, 4) is 0 Å². The Morgan fingerprint density at radius 3 is 2.12 bits per heavy atom. The summed E-state index contributed by atoms with van der Waals surface area (Å²) in [4.78, 5) is 0. The van der Waals surface area contributed by atoms with E-state index in [1.54, 1.807) is 0 Å². The van der Waals surface area contributed by atoms with Crippen molar-refractivity contribution in [3.63, 3.8) is 0 Å². The highest BCUT2D eigenvalue weighted by Gasteiger charge is 2.50. The second-order valence-corrected chi connectivity index (χ2v) is 11.7. The fourth-order valence-corrected chi connectivity index (χ4v) is 8.04. The summed E-state index contributed by atoms with van der Waals surface area (Å²) < 4.78 is 39.0. The molecule has 1 heterocycles. The zero-order chi connectivity index (χ0) is 21.2. The largest absolute Gasteiger partial charge is 0.406 e. The lowest BCUT2D eigenvalue weighted by Gasteiger charge is -2.43. The van der Waals surface area contributed by atoms with Crippen LogP contribution in [0.3, 0.4) is 0 Å². The molecule has 1 aliphatic rings. The summed E-state index contributed by atoms with van der Waals surface area (Å²) in [5.74, 6) is 0. The molecule has 0 radical (unpaired) electrons. The van der Waals surface area contributed by atoms with E-state index in [-0.39, 0.29) is 23.7 Å². The molecule has 1 N–H and O–H groups in total. The molecule has 3 rings (SSSR count). The van der Waals surface area contributed by atoms with Crippen LogP contribution in [0.1, 0.15) is 32.7 Å². The molecule has 0 aliphatic carbocycles. The molecule has 0 aromatic heterocycles. The van der Waals surface area contributed by atoms with Crippen molar-refractivity contribution in [3.05, 3.63) is 72.8 Å². The van der Waals surface area contributed by atoms with Gasteiger partial charge in [-0.2, -0.15) is 0 Å². The number of hydrogen-bond donors (Lipinski definition) is 1. The van der Waals surface area contributed by atoms with Gasteiger partial charge in [0.1, 0.15) is 0 Å². The Kier molecular flexibility index (Phi) is 4.16. The van der Waals surface area contributed by atoms with Crippen LogP contribution in [0.5, 0.6) is 0 Å². The van der Waals surface area contributed by atoms with Gasteiger partial charge in [0.2, 0.25) is 0 Å². The van der Waals surface area contributed by atoms with E-state index in [1.807, 2.05) is 36.4 Å². The van der Waals surface area contributed by atoms with Gasteiger partial charge >= 0.3 is 0 Å². The molecule has 3 atom stereocenters. The first-order chi connectivity index (χ1) is 13.7. The lowest BCUT2D eigenvalue weighted by Crippen LogP contribution is -2.67. The lowest BCUT2D eigenvalue weighted by molar-refractivity contribution is 0.250. The average Bonchev–Trinajstić information content (AvgIpc) is 2.71. The number of benzene rings is 2. The Morgan fingerprint density at radius 2 is 1.60 bits per heavy atom. The fourth-order valence-electron chi connectivity index (χ4n) is 3.46. The van der Waals surface area contributed by atoms with Crippen LogP contribution in [0.2, 0.25) is 5.04 Å². The first-order valence-electron chi connectivity index (χ1n) is 10.9. The van der Waals surface area contributed by atoms with Crippen LogP contribution < -0.4 is 15.7 Å². The third kappa shape index (κ3) is 3.79. The molecular formula is C22H29NOSi. The smallest absolute Gasteiger partial charge is 0.261 e. The second kappa shape index (κ2) is 7.69. The third-order valence-electron chi connectivity index (χ3n) is 4.63. The summed E-state index contributed by atoms with van der Waals surface area (Å²) in [6, 6.07) is 19.8. The summed E-state index contributed by atoms with van der Waals surface area (Å²) in [6.07, 6.45) is -0.915. The number of rotatable bonds is 5. The molecule has 0 spiro atoms. The van der Waals surface area contributed by atoms with Crippen LogP contribution in [-0.4, -0.2) is 27.5 Å². The van der Waals surface area contributed by atoms with Crippen molar-refractivity contribution >= 4 is 18.7 Å². The van der Waals surface area contributed by atoms with Crippen LogP contribution in [0.25, 0.3) is 0 Å². The van der Waals surface area contributed by atoms with Crippen molar-refractivity contribution in [2.24, 2.45) is 0 Å².